The van der Waals surface area contributed by atoms with Gasteiger partial charge in [-0.1, -0.05) is 41.9 Å². The van der Waals surface area contributed by atoms with Crippen LogP contribution in [0.1, 0.15) is 15.9 Å². The zero-order chi connectivity index (χ0) is 19.2. The maximum Gasteiger partial charge on any atom is 0.270 e. The van der Waals surface area contributed by atoms with Crippen LogP contribution in [0.2, 0.25) is 5.02 Å². The van der Waals surface area contributed by atoms with Crippen LogP contribution < -0.4 is 10.2 Å². The van der Waals surface area contributed by atoms with Gasteiger partial charge in [-0.05, 0) is 35.9 Å². The van der Waals surface area contributed by atoms with Crippen molar-refractivity contribution < 1.29 is 14.5 Å². The largest absolute Gasteiger partial charge is 0.334 e. The molecular weight excluding hydrogens is 362 g/mol. The average Bonchev–Trinajstić information content (AvgIpc) is 2.70. The predicted molar refractivity (Wildman–Crippen MR) is 107 cm³/mol. The molecule has 2 aromatic carbocycles. The van der Waals surface area contributed by atoms with Gasteiger partial charge in [-0.15, -0.1) is 0 Å². The topological polar surface area (TPSA) is 53.9 Å². The van der Waals surface area contributed by atoms with Crippen LogP contribution in [0.25, 0.3) is 6.08 Å². The summed E-state index contributed by atoms with van der Waals surface area (Å²) < 4.78 is 0. The maximum atomic E-state index is 13.1. The number of amides is 2. The zero-order valence-electron chi connectivity index (χ0n) is 15.2. The lowest BCUT2D eigenvalue weighted by atomic mass is 10.1. The molecule has 0 aliphatic carbocycles. The van der Waals surface area contributed by atoms with Crippen molar-refractivity contribution in [1.82, 2.24) is 10.2 Å². The second-order valence-electron chi connectivity index (χ2n) is 6.68. The Labute approximate surface area is 164 Å². The molecule has 2 N–H and O–H groups in total. The van der Waals surface area contributed by atoms with E-state index in [2.05, 4.69) is 12.4 Å². The van der Waals surface area contributed by atoms with Gasteiger partial charge in [0, 0.05) is 10.6 Å². The van der Waals surface area contributed by atoms with E-state index in [0.717, 1.165) is 18.7 Å². The van der Waals surface area contributed by atoms with Gasteiger partial charge < -0.3 is 15.1 Å². The van der Waals surface area contributed by atoms with Gasteiger partial charge in [-0.3, -0.25) is 9.59 Å². The summed E-state index contributed by atoms with van der Waals surface area (Å²) in [6.45, 7) is 3.13. The summed E-state index contributed by atoms with van der Waals surface area (Å²) in [5.74, 6) is -0.467. The zero-order valence-corrected chi connectivity index (χ0v) is 16.0. The predicted octanol–water partition coefficient (Wildman–Crippen LogP) is 1.47. The summed E-state index contributed by atoms with van der Waals surface area (Å²) in [5, 5.41) is 3.42. The summed E-state index contributed by atoms with van der Waals surface area (Å²) in [4.78, 5) is 28.8. The van der Waals surface area contributed by atoms with Crippen LogP contribution in [0.3, 0.4) is 0 Å². The highest BCUT2D eigenvalue weighted by Gasteiger charge is 2.25. The highest BCUT2D eigenvalue weighted by Crippen LogP contribution is 2.14. The van der Waals surface area contributed by atoms with Crippen molar-refractivity contribution in [3.05, 3.63) is 76.4 Å². The minimum absolute atomic E-state index is 0.165. The number of likely N-dealkylation sites (N-methyl/N-ethyl adjacent to an activating group) is 1. The van der Waals surface area contributed by atoms with Crippen molar-refractivity contribution in [2.24, 2.45) is 0 Å². The Bertz CT molecular complexity index is 826. The fourth-order valence-electron chi connectivity index (χ4n) is 2.92. The van der Waals surface area contributed by atoms with E-state index in [9.17, 15) is 9.59 Å². The van der Waals surface area contributed by atoms with Crippen molar-refractivity contribution in [3.63, 3.8) is 0 Å². The second-order valence-corrected chi connectivity index (χ2v) is 7.12. The Morgan fingerprint density at radius 3 is 2.30 bits per heavy atom. The van der Waals surface area contributed by atoms with Gasteiger partial charge >= 0.3 is 0 Å². The molecule has 140 valence electrons. The summed E-state index contributed by atoms with van der Waals surface area (Å²) in [6, 6.07) is 16.0. The first-order valence-electron chi connectivity index (χ1n) is 8.97. The molecule has 6 heteroatoms. The molecule has 5 nitrogen and oxygen atoms in total. The first kappa shape index (κ1) is 19.1. The number of hydrogen-bond donors (Lipinski definition) is 2. The molecule has 0 saturated carbocycles. The number of rotatable bonds is 4. The van der Waals surface area contributed by atoms with Gasteiger partial charge in [0.15, 0.2) is 0 Å². The van der Waals surface area contributed by atoms with Crippen LogP contribution in [0.15, 0.2) is 60.3 Å². The summed E-state index contributed by atoms with van der Waals surface area (Å²) in [6.07, 6.45) is 1.70. The molecule has 0 bridgehead atoms. The van der Waals surface area contributed by atoms with Crippen LogP contribution in [-0.4, -0.2) is 49.9 Å². The lowest BCUT2D eigenvalue weighted by Crippen LogP contribution is -3.12. The minimum Gasteiger partial charge on any atom is -0.334 e. The number of piperazine rings is 1. The van der Waals surface area contributed by atoms with Crippen LogP contribution in [0, 0.1) is 0 Å². The molecular formula is C21H23ClN3O2+. The summed E-state index contributed by atoms with van der Waals surface area (Å²) >= 11 is 5.94. The standard InChI is InChI=1S/C21H22ClN3O2/c1-24-11-13-25(14-12-24)21(27)19(15-16-7-9-18(22)10-8-16)23-20(26)17-5-3-2-4-6-17/h2-10,15H,11-14H2,1H3,(H,23,26)/p+1/b19-15-. The average molecular weight is 385 g/mol. The Kier molecular flexibility index (Phi) is 6.27. The van der Waals surface area contributed by atoms with Gasteiger partial charge in [0.1, 0.15) is 5.70 Å². The first-order chi connectivity index (χ1) is 13.0. The monoisotopic (exact) mass is 384 g/mol. The van der Waals surface area contributed by atoms with E-state index in [1.165, 1.54) is 4.90 Å². The molecule has 0 aromatic heterocycles. The van der Waals surface area contributed by atoms with Gasteiger partial charge in [0.25, 0.3) is 11.8 Å². The third kappa shape index (κ3) is 5.18. The molecule has 1 fully saturated rings. The van der Waals surface area contributed by atoms with Crippen molar-refractivity contribution in [3.8, 4) is 0 Å². The third-order valence-corrected chi connectivity index (χ3v) is 4.85. The molecule has 1 saturated heterocycles. The Morgan fingerprint density at radius 1 is 1.04 bits per heavy atom. The normalized spacial score (nSPS) is 15.5. The maximum absolute atomic E-state index is 13.1. The van der Waals surface area contributed by atoms with E-state index in [-0.39, 0.29) is 17.5 Å². The summed E-state index contributed by atoms with van der Waals surface area (Å²) in [5.41, 5.74) is 1.58. The molecule has 0 spiro atoms. The molecule has 0 atom stereocenters. The lowest BCUT2D eigenvalue weighted by Gasteiger charge is -2.30. The molecule has 2 amide bonds. The SMILES string of the molecule is C[NH+]1CCN(C(=O)/C(=C/c2ccc(Cl)cc2)NC(=O)c2ccccc2)CC1. The van der Waals surface area contributed by atoms with E-state index in [1.807, 2.05) is 18.2 Å². The fourth-order valence-corrected chi connectivity index (χ4v) is 3.05. The molecule has 1 heterocycles. The van der Waals surface area contributed by atoms with Gasteiger partial charge in [0.2, 0.25) is 0 Å². The number of nitrogens with zero attached hydrogens (tertiary/aromatic N) is 1. The van der Waals surface area contributed by atoms with E-state index in [1.54, 1.807) is 47.4 Å². The summed E-state index contributed by atoms with van der Waals surface area (Å²) in [7, 11) is 2.11. The number of carbonyl (C=O) groups is 2. The highest BCUT2D eigenvalue weighted by atomic mass is 35.5. The number of halogens is 1. The molecule has 0 unspecified atom stereocenters. The van der Waals surface area contributed by atoms with Crippen LogP contribution in [0.4, 0.5) is 0 Å². The minimum atomic E-state index is -0.302. The molecule has 3 rings (SSSR count). The molecule has 2 aromatic rings. The van der Waals surface area contributed by atoms with Crippen LogP contribution in [0.5, 0.6) is 0 Å². The van der Waals surface area contributed by atoms with E-state index in [0.29, 0.717) is 23.7 Å². The van der Waals surface area contributed by atoms with E-state index < -0.39 is 0 Å². The Morgan fingerprint density at radius 2 is 1.67 bits per heavy atom. The van der Waals surface area contributed by atoms with Crippen molar-refractivity contribution >= 4 is 29.5 Å². The van der Waals surface area contributed by atoms with Gasteiger partial charge in [-0.25, -0.2) is 0 Å². The van der Waals surface area contributed by atoms with Crippen molar-refractivity contribution in [2.45, 2.75) is 0 Å². The molecule has 1 aliphatic heterocycles. The van der Waals surface area contributed by atoms with E-state index >= 15 is 0 Å². The number of hydrogen-bond acceptors (Lipinski definition) is 2. The van der Waals surface area contributed by atoms with Gasteiger partial charge in [-0.2, -0.15) is 0 Å². The number of quaternary nitrogens is 1. The van der Waals surface area contributed by atoms with Crippen LogP contribution >= 0.6 is 11.6 Å². The first-order valence-corrected chi connectivity index (χ1v) is 9.35. The quantitative estimate of drug-likeness (QED) is 0.784. The lowest BCUT2D eigenvalue weighted by molar-refractivity contribution is -0.883. The molecule has 27 heavy (non-hydrogen) atoms. The molecule has 0 radical (unpaired) electrons. The smallest absolute Gasteiger partial charge is 0.270 e. The second kappa shape index (κ2) is 8.84. The van der Waals surface area contributed by atoms with Crippen molar-refractivity contribution in [1.29, 1.82) is 0 Å². The number of carbonyl (C=O) groups excluding carboxylic acids is 2. The molecule has 1 aliphatic rings. The van der Waals surface area contributed by atoms with Crippen molar-refractivity contribution in [2.75, 3.05) is 33.2 Å². The van der Waals surface area contributed by atoms with E-state index in [4.69, 9.17) is 11.6 Å². The fraction of sp³-hybridized carbons (Fsp3) is 0.238. The van der Waals surface area contributed by atoms with Crippen LogP contribution in [-0.2, 0) is 4.79 Å². The Balaban J connectivity index is 1.85. The Hall–Kier alpha value is -2.63. The number of benzene rings is 2. The highest BCUT2D eigenvalue weighted by molar-refractivity contribution is 6.30. The van der Waals surface area contributed by atoms with Gasteiger partial charge in [0.05, 0.1) is 33.2 Å². The number of nitrogens with one attached hydrogen (secondary N) is 2. The third-order valence-electron chi connectivity index (χ3n) is 4.60.